The normalized spacial score (nSPS) is 18.9. The number of aryl methyl sites for hydroxylation is 1. The largest absolute Gasteiger partial charge is 0.354 e. The van der Waals surface area contributed by atoms with Crippen molar-refractivity contribution >= 4 is 18.0 Å². The Hall–Kier alpha value is -2.24. The van der Waals surface area contributed by atoms with E-state index in [4.69, 9.17) is 22.6 Å². The monoisotopic (exact) mass is 397 g/mol. The Morgan fingerprint density at radius 1 is 1.18 bits per heavy atom. The fraction of sp³-hybridized carbons (Fsp3) is 0.600. The zero-order valence-corrected chi connectivity index (χ0v) is 17.2. The minimum atomic E-state index is 0.519. The van der Waals surface area contributed by atoms with Crippen molar-refractivity contribution in [3.8, 4) is 6.07 Å². The van der Waals surface area contributed by atoms with Gasteiger partial charge in [0, 0.05) is 38.4 Å². The number of rotatable bonds is 4. The van der Waals surface area contributed by atoms with E-state index in [-0.39, 0.29) is 0 Å². The molecule has 2 aromatic rings. The van der Waals surface area contributed by atoms with Gasteiger partial charge in [0.05, 0.1) is 18.3 Å². The van der Waals surface area contributed by atoms with Crippen LogP contribution in [0.3, 0.4) is 0 Å². The molecule has 1 aliphatic carbocycles. The van der Waals surface area contributed by atoms with Crippen molar-refractivity contribution in [1.82, 2.24) is 24.2 Å². The molecule has 0 aromatic carbocycles. The molecule has 0 spiro atoms. The molecule has 3 heterocycles. The number of piperazine rings is 1. The van der Waals surface area contributed by atoms with E-state index in [1.54, 1.807) is 12.3 Å². The van der Waals surface area contributed by atoms with Crippen LogP contribution in [0.25, 0.3) is 0 Å². The average Bonchev–Trinajstić information content (AvgIpc) is 3.02. The standard InChI is InChI=1S/C20H27N7S/c1-16-23-26(20(28)27(16)18-5-3-2-4-6-18)15-24-9-11-25(12-10-24)19-13-17(14-21)7-8-22-19/h7-8,13,18H,2-6,9-12,15H2,1H3. The Morgan fingerprint density at radius 2 is 1.93 bits per heavy atom. The predicted molar refractivity (Wildman–Crippen MR) is 111 cm³/mol. The molecule has 0 unspecified atom stereocenters. The van der Waals surface area contributed by atoms with E-state index >= 15 is 0 Å². The van der Waals surface area contributed by atoms with Gasteiger partial charge in [0.15, 0.2) is 4.77 Å². The first-order chi connectivity index (χ1) is 13.7. The van der Waals surface area contributed by atoms with Gasteiger partial charge < -0.3 is 9.47 Å². The highest BCUT2D eigenvalue weighted by atomic mass is 32.1. The lowest BCUT2D eigenvalue weighted by Gasteiger charge is -2.35. The highest BCUT2D eigenvalue weighted by Gasteiger charge is 2.22. The van der Waals surface area contributed by atoms with Crippen LogP contribution in [-0.2, 0) is 6.67 Å². The summed E-state index contributed by atoms with van der Waals surface area (Å²) < 4.78 is 5.13. The lowest BCUT2D eigenvalue weighted by Crippen LogP contribution is -2.47. The quantitative estimate of drug-likeness (QED) is 0.738. The molecule has 0 radical (unpaired) electrons. The molecule has 1 saturated heterocycles. The summed E-state index contributed by atoms with van der Waals surface area (Å²) in [5, 5.41) is 13.8. The minimum Gasteiger partial charge on any atom is -0.354 e. The van der Waals surface area contributed by atoms with Crippen molar-refractivity contribution in [2.45, 2.75) is 51.7 Å². The summed E-state index contributed by atoms with van der Waals surface area (Å²) in [5.41, 5.74) is 0.655. The van der Waals surface area contributed by atoms with Gasteiger partial charge in [-0.2, -0.15) is 10.4 Å². The first-order valence-electron chi connectivity index (χ1n) is 10.1. The number of anilines is 1. The number of aromatic nitrogens is 4. The van der Waals surface area contributed by atoms with Gasteiger partial charge in [0.25, 0.3) is 0 Å². The number of hydrogen-bond acceptors (Lipinski definition) is 6. The fourth-order valence-corrected chi connectivity index (χ4v) is 4.73. The topological polar surface area (TPSA) is 65.9 Å². The van der Waals surface area contributed by atoms with Crippen molar-refractivity contribution < 1.29 is 0 Å². The van der Waals surface area contributed by atoms with E-state index in [2.05, 4.69) is 32.3 Å². The summed E-state index contributed by atoms with van der Waals surface area (Å²) in [6.07, 6.45) is 8.07. The maximum atomic E-state index is 9.08. The van der Waals surface area contributed by atoms with Crippen LogP contribution in [0.2, 0.25) is 0 Å². The molecule has 0 N–H and O–H groups in total. The van der Waals surface area contributed by atoms with Crippen LogP contribution in [0.4, 0.5) is 5.82 Å². The summed E-state index contributed by atoms with van der Waals surface area (Å²) in [6.45, 7) is 6.44. The molecule has 2 fully saturated rings. The van der Waals surface area contributed by atoms with Crippen molar-refractivity contribution in [2.24, 2.45) is 0 Å². The van der Waals surface area contributed by atoms with E-state index in [0.29, 0.717) is 11.6 Å². The number of pyridine rings is 1. The van der Waals surface area contributed by atoms with Crippen LogP contribution in [0.15, 0.2) is 18.3 Å². The molecule has 4 rings (SSSR count). The zero-order chi connectivity index (χ0) is 19.5. The van der Waals surface area contributed by atoms with E-state index in [1.165, 1.54) is 32.1 Å². The molecule has 0 bridgehead atoms. The van der Waals surface area contributed by atoms with Crippen LogP contribution in [-0.4, -0.2) is 50.4 Å². The molecule has 1 aliphatic heterocycles. The maximum Gasteiger partial charge on any atom is 0.199 e. The van der Waals surface area contributed by atoms with Gasteiger partial charge in [-0.3, -0.25) is 4.90 Å². The molecule has 2 aromatic heterocycles. The Labute approximate surface area is 171 Å². The number of nitrogens with zero attached hydrogens (tertiary/aromatic N) is 7. The summed E-state index contributed by atoms with van der Waals surface area (Å²) in [7, 11) is 0. The summed E-state index contributed by atoms with van der Waals surface area (Å²) >= 11 is 5.78. The second-order valence-corrected chi connectivity index (χ2v) is 8.12. The molecule has 28 heavy (non-hydrogen) atoms. The van der Waals surface area contributed by atoms with Gasteiger partial charge >= 0.3 is 0 Å². The molecule has 7 nitrogen and oxygen atoms in total. The lowest BCUT2D eigenvalue weighted by atomic mass is 9.95. The molecule has 148 valence electrons. The Balaban J connectivity index is 1.40. The highest BCUT2D eigenvalue weighted by molar-refractivity contribution is 7.71. The molecular formula is C20H27N7S. The third-order valence-electron chi connectivity index (χ3n) is 5.89. The third-order valence-corrected chi connectivity index (χ3v) is 6.29. The van der Waals surface area contributed by atoms with Gasteiger partial charge in [0.2, 0.25) is 0 Å². The van der Waals surface area contributed by atoms with Crippen LogP contribution in [0.5, 0.6) is 0 Å². The molecule has 2 aliphatic rings. The number of nitriles is 1. The smallest absolute Gasteiger partial charge is 0.199 e. The highest BCUT2D eigenvalue weighted by Crippen LogP contribution is 2.29. The van der Waals surface area contributed by atoms with Crippen LogP contribution >= 0.6 is 12.2 Å². The van der Waals surface area contributed by atoms with Crippen LogP contribution in [0.1, 0.15) is 49.5 Å². The molecule has 1 saturated carbocycles. The second kappa shape index (κ2) is 8.41. The Kier molecular flexibility index (Phi) is 5.74. The fourth-order valence-electron chi connectivity index (χ4n) is 4.35. The maximum absolute atomic E-state index is 9.08. The lowest BCUT2D eigenvalue weighted by molar-refractivity contribution is 0.193. The average molecular weight is 398 g/mol. The van der Waals surface area contributed by atoms with Crippen molar-refractivity contribution in [1.29, 1.82) is 5.26 Å². The third kappa shape index (κ3) is 3.96. The van der Waals surface area contributed by atoms with Gasteiger partial charge in [-0.25, -0.2) is 9.67 Å². The Morgan fingerprint density at radius 3 is 2.64 bits per heavy atom. The summed E-state index contributed by atoms with van der Waals surface area (Å²) in [6, 6.07) is 6.31. The summed E-state index contributed by atoms with van der Waals surface area (Å²) in [5.74, 6) is 1.92. The first-order valence-corrected chi connectivity index (χ1v) is 10.6. The molecular weight excluding hydrogens is 370 g/mol. The molecule has 0 amide bonds. The predicted octanol–water partition coefficient (Wildman–Crippen LogP) is 3.27. The van der Waals surface area contributed by atoms with Gasteiger partial charge in [-0.15, -0.1) is 0 Å². The van der Waals surface area contributed by atoms with Crippen LogP contribution in [0, 0.1) is 23.0 Å². The van der Waals surface area contributed by atoms with Crippen molar-refractivity contribution in [2.75, 3.05) is 31.1 Å². The first kappa shape index (κ1) is 19.1. The molecule has 8 heteroatoms. The van der Waals surface area contributed by atoms with Gasteiger partial charge in [0.1, 0.15) is 11.6 Å². The SMILES string of the molecule is Cc1nn(CN2CCN(c3cc(C#N)ccn3)CC2)c(=S)n1C1CCCCC1. The minimum absolute atomic E-state index is 0.519. The zero-order valence-electron chi connectivity index (χ0n) is 16.4. The second-order valence-electron chi connectivity index (χ2n) is 7.75. The van der Waals surface area contributed by atoms with Gasteiger partial charge in [-0.05, 0) is 44.1 Å². The molecule has 0 atom stereocenters. The summed E-state index contributed by atoms with van der Waals surface area (Å²) in [4.78, 5) is 9.05. The Bertz CT molecular complexity index is 911. The van der Waals surface area contributed by atoms with E-state index in [9.17, 15) is 0 Å². The van der Waals surface area contributed by atoms with Gasteiger partial charge in [-0.1, -0.05) is 19.3 Å². The van der Waals surface area contributed by atoms with E-state index in [1.807, 2.05) is 10.7 Å². The van der Waals surface area contributed by atoms with Crippen molar-refractivity contribution in [3.05, 3.63) is 34.5 Å². The van der Waals surface area contributed by atoms with E-state index in [0.717, 1.165) is 49.3 Å². The van der Waals surface area contributed by atoms with E-state index < -0.39 is 0 Å². The van der Waals surface area contributed by atoms with Crippen LogP contribution < -0.4 is 4.90 Å². The van der Waals surface area contributed by atoms with Crippen molar-refractivity contribution in [3.63, 3.8) is 0 Å². The number of hydrogen-bond donors (Lipinski definition) is 0.